The smallest absolute Gasteiger partial charge is 0.262 e. The Morgan fingerprint density at radius 1 is 1.21 bits per heavy atom. The molecule has 2 aliphatic rings. The molecule has 1 aromatic carbocycles. The van der Waals surface area contributed by atoms with Gasteiger partial charge in [-0.05, 0) is 47.9 Å². The molecule has 2 heterocycles. The van der Waals surface area contributed by atoms with Crippen molar-refractivity contribution in [3.05, 3.63) is 59.7 Å². The van der Waals surface area contributed by atoms with E-state index < -0.39 is 27.1 Å². The summed E-state index contributed by atoms with van der Waals surface area (Å²) in [5.41, 5.74) is 0.703. The minimum absolute atomic E-state index is 0.00952. The molecule has 0 radical (unpaired) electrons. The molecule has 0 aliphatic heterocycles. The number of rotatable bonds is 6. The molecule has 5 rings (SSSR count). The second kappa shape index (κ2) is 7.64. The number of hydrogen-bond acceptors (Lipinski definition) is 5. The SMILES string of the molecule is CCN(C[C@@]12CC[C@@H](c3cc(-c4c(F)cccc4F)nnc31)C2(C)C)S(=O)(=O)c1cn(C)cn1. The third-order valence-corrected chi connectivity index (χ3v) is 9.73. The summed E-state index contributed by atoms with van der Waals surface area (Å²) < 4.78 is 58.7. The highest BCUT2D eigenvalue weighted by Gasteiger charge is 2.64. The normalized spacial score (nSPS) is 23.0. The van der Waals surface area contributed by atoms with Crippen molar-refractivity contribution in [2.24, 2.45) is 12.5 Å². The molecule has 1 fully saturated rings. The zero-order valence-electron chi connectivity index (χ0n) is 19.6. The molecule has 2 aliphatic carbocycles. The standard InChI is InChI=1S/C24H27F2N5O2S/c1-5-31(34(32,33)20-12-30(4)14-27-20)13-24-10-9-16(23(24,2)3)15-11-19(28-29-22(15)24)21-17(25)7-6-8-18(21)26/h6-8,11-12,14,16H,5,9-10,13H2,1-4H3/t16-,24-/m0/s1. The molecule has 2 atom stereocenters. The van der Waals surface area contributed by atoms with Gasteiger partial charge < -0.3 is 4.57 Å². The highest BCUT2D eigenvalue weighted by atomic mass is 32.2. The van der Waals surface area contributed by atoms with Crippen molar-refractivity contribution in [1.82, 2.24) is 24.1 Å². The number of hydrogen-bond donors (Lipinski definition) is 0. The van der Waals surface area contributed by atoms with Gasteiger partial charge in [-0.3, -0.25) is 0 Å². The Bertz CT molecular complexity index is 1370. The first-order chi connectivity index (χ1) is 16.0. The van der Waals surface area contributed by atoms with Crippen LogP contribution in [0, 0.1) is 17.0 Å². The van der Waals surface area contributed by atoms with E-state index in [1.54, 1.807) is 17.7 Å². The number of aryl methyl sites for hydroxylation is 1. The minimum atomic E-state index is -3.81. The van der Waals surface area contributed by atoms with Crippen LogP contribution in [0.4, 0.5) is 8.78 Å². The molecule has 3 aromatic rings. The van der Waals surface area contributed by atoms with Crippen LogP contribution in [0.15, 0.2) is 41.8 Å². The molecule has 0 N–H and O–H groups in total. The maximum Gasteiger partial charge on any atom is 0.262 e. The van der Waals surface area contributed by atoms with Gasteiger partial charge in [0.2, 0.25) is 0 Å². The molecule has 2 aromatic heterocycles. The second-order valence-electron chi connectivity index (χ2n) is 9.83. The third kappa shape index (κ3) is 3.07. The van der Waals surface area contributed by atoms with Crippen LogP contribution in [0.2, 0.25) is 0 Å². The van der Waals surface area contributed by atoms with E-state index in [4.69, 9.17) is 0 Å². The number of likely N-dealkylation sites (N-methyl/N-ethyl adjacent to an activating group) is 1. The van der Waals surface area contributed by atoms with Crippen LogP contribution in [0.5, 0.6) is 0 Å². The van der Waals surface area contributed by atoms with E-state index in [0.717, 1.165) is 24.1 Å². The van der Waals surface area contributed by atoms with Crippen LogP contribution in [0.3, 0.4) is 0 Å². The molecule has 1 saturated carbocycles. The van der Waals surface area contributed by atoms with Crippen LogP contribution in [0.1, 0.15) is 50.8 Å². The van der Waals surface area contributed by atoms with Crippen molar-refractivity contribution in [1.29, 1.82) is 0 Å². The van der Waals surface area contributed by atoms with E-state index in [1.807, 2.05) is 6.92 Å². The lowest BCUT2D eigenvalue weighted by molar-refractivity contribution is 0.169. The maximum absolute atomic E-state index is 14.4. The fourth-order valence-corrected chi connectivity index (χ4v) is 7.44. The Morgan fingerprint density at radius 2 is 1.91 bits per heavy atom. The van der Waals surface area contributed by atoms with Crippen LogP contribution in [0.25, 0.3) is 11.3 Å². The predicted molar refractivity (Wildman–Crippen MR) is 122 cm³/mol. The van der Waals surface area contributed by atoms with E-state index >= 15 is 0 Å². The molecule has 2 bridgehead atoms. The van der Waals surface area contributed by atoms with Gasteiger partial charge in [0, 0.05) is 31.7 Å². The maximum atomic E-state index is 14.4. The van der Waals surface area contributed by atoms with Gasteiger partial charge >= 0.3 is 0 Å². The lowest BCUT2D eigenvalue weighted by Crippen LogP contribution is -2.48. The number of nitrogens with zero attached hydrogens (tertiary/aromatic N) is 5. The molecule has 10 heteroatoms. The summed E-state index contributed by atoms with van der Waals surface area (Å²) >= 11 is 0. The molecule has 0 spiro atoms. The fraction of sp³-hybridized carbons (Fsp3) is 0.458. The average molecular weight is 488 g/mol. The number of halogens is 2. The Kier molecular flexibility index (Phi) is 5.18. The highest BCUT2D eigenvalue weighted by Crippen LogP contribution is 2.67. The summed E-state index contributed by atoms with van der Waals surface area (Å²) in [6.07, 6.45) is 4.56. The molecular weight excluding hydrogens is 460 g/mol. The van der Waals surface area contributed by atoms with Gasteiger partial charge in [-0.25, -0.2) is 22.2 Å². The molecule has 0 amide bonds. The van der Waals surface area contributed by atoms with Crippen molar-refractivity contribution in [2.75, 3.05) is 13.1 Å². The van der Waals surface area contributed by atoms with Crippen LogP contribution < -0.4 is 0 Å². The Balaban J connectivity index is 1.59. The number of fused-ring (bicyclic) bond motifs is 5. The van der Waals surface area contributed by atoms with E-state index in [-0.39, 0.29) is 40.7 Å². The van der Waals surface area contributed by atoms with Crippen molar-refractivity contribution >= 4 is 10.0 Å². The van der Waals surface area contributed by atoms with Gasteiger partial charge in [0.15, 0.2) is 5.03 Å². The molecule has 34 heavy (non-hydrogen) atoms. The largest absolute Gasteiger partial charge is 0.339 e. The quantitative estimate of drug-likeness (QED) is 0.525. The third-order valence-electron chi connectivity index (χ3n) is 7.92. The summed E-state index contributed by atoms with van der Waals surface area (Å²) in [6.45, 7) is 6.57. The number of benzene rings is 1. The second-order valence-corrected chi connectivity index (χ2v) is 11.7. The lowest BCUT2D eigenvalue weighted by atomic mass is 9.68. The summed E-state index contributed by atoms with van der Waals surface area (Å²) in [7, 11) is -2.08. The van der Waals surface area contributed by atoms with Crippen molar-refractivity contribution in [3.63, 3.8) is 0 Å². The van der Waals surface area contributed by atoms with Gasteiger partial charge in [0.1, 0.15) is 11.6 Å². The van der Waals surface area contributed by atoms with Crippen LogP contribution in [-0.4, -0.2) is 45.6 Å². The molecule has 0 saturated heterocycles. The fourth-order valence-electron chi connectivity index (χ4n) is 5.96. The first-order valence-corrected chi connectivity index (χ1v) is 12.8. The summed E-state index contributed by atoms with van der Waals surface area (Å²) in [6, 6.07) is 5.45. The Hall–Kier alpha value is -2.72. The van der Waals surface area contributed by atoms with Crippen molar-refractivity contribution in [3.8, 4) is 11.3 Å². The van der Waals surface area contributed by atoms with Gasteiger partial charge in [-0.15, -0.1) is 0 Å². The van der Waals surface area contributed by atoms with Crippen LogP contribution in [-0.2, 0) is 22.5 Å². The van der Waals surface area contributed by atoms with Gasteiger partial charge in [-0.1, -0.05) is 26.8 Å². The van der Waals surface area contributed by atoms with Gasteiger partial charge in [0.25, 0.3) is 10.0 Å². The van der Waals surface area contributed by atoms with Crippen molar-refractivity contribution in [2.45, 2.75) is 50.0 Å². The molecule has 7 nitrogen and oxygen atoms in total. The number of sulfonamides is 1. The van der Waals surface area contributed by atoms with E-state index in [0.29, 0.717) is 0 Å². The monoisotopic (exact) mass is 487 g/mol. The minimum Gasteiger partial charge on any atom is -0.339 e. The first-order valence-electron chi connectivity index (χ1n) is 11.3. The van der Waals surface area contributed by atoms with E-state index in [2.05, 4.69) is 29.0 Å². The number of imidazole rings is 1. The topological polar surface area (TPSA) is 81.0 Å². The average Bonchev–Trinajstić information content (AvgIpc) is 3.38. The predicted octanol–water partition coefficient (Wildman–Crippen LogP) is 4.02. The summed E-state index contributed by atoms with van der Waals surface area (Å²) in [5.74, 6) is -1.29. The van der Waals surface area contributed by atoms with E-state index in [1.165, 1.54) is 35.0 Å². The lowest BCUT2D eigenvalue weighted by Gasteiger charge is -2.40. The zero-order chi connectivity index (χ0) is 24.5. The van der Waals surface area contributed by atoms with Crippen molar-refractivity contribution < 1.29 is 17.2 Å². The molecular formula is C24H27F2N5O2S. The summed E-state index contributed by atoms with van der Waals surface area (Å²) in [5, 5.41) is 8.71. The highest BCUT2D eigenvalue weighted by molar-refractivity contribution is 7.89. The van der Waals surface area contributed by atoms with Gasteiger partial charge in [0.05, 0.1) is 23.3 Å². The van der Waals surface area contributed by atoms with Gasteiger partial charge in [-0.2, -0.15) is 14.5 Å². The van der Waals surface area contributed by atoms with E-state index in [9.17, 15) is 17.2 Å². The molecule has 0 unspecified atom stereocenters. The number of aromatic nitrogens is 4. The summed E-state index contributed by atoms with van der Waals surface area (Å²) in [4.78, 5) is 4.07. The van der Waals surface area contributed by atoms with Crippen LogP contribution >= 0.6 is 0 Å². The zero-order valence-corrected chi connectivity index (χ0v) is 20.4. The Labute approximate surface area is 197 Å². The molecule has 180 valence electrons. The first kappa shape index (κ1) is 23.0. The Morgan fingerprint density at radius 3 is 2.53 bits per heavy atom.